The second-order valence-electron chi connectivity index (χ2n) is 5.13. The average molecular weight is 326 g/mol. The van der Waals surface area contributed by atoms with Gasteiger partial charge in [-0.15, -0.1) is 0 Å². The largest absolute Gasteiger partial charge is 0.433 e. The third-order valence-corrected chi connectivity index (χ3v) is 3.07. The van der Waals surface area contributed by atoms with Crippen molar-refractivity contribution < 1.29 is 18.3 Å². The lowest BCUT2D eigenvalue weighted by atomic mass is 10.2. The summed E-state index contributed by atoms with van der Waals surface area (Å²) in [7, 11) is 0. The Hall–Kier alpha value is -2.35. The van der Waals surface area contributed by atoms with Crippen LogP contribution >= 0.6 is 0 Å². The second-order valence-corrected chi connectivity index (χ2v) is 5.13. The molecule has 2 aromatic rings. The molecule has 0 unspecified atom stereocenters. The van der Waals surface area contributed by atoms with Crippen LogP contribution in [-0.2, 0) is 6.18 Å². The highest BCUT2D eigenvalue weighted by Crippen LogP contribution is 2.30. The quantitative estimate of drug-likeness (QED) is 0.786. The Balaban J connectivity index is 2.38. The van der Waals surface area contributed by atoms with Gasteiger partial charge in [0.15, 0.2) is 5.69 Å². The lowest BCUT2D eigenvalue weighted by Crippen LogP contribution is -2.22. The van der Waals surface area contributed by atoms with Crippen LogP contribution in [0, 0.1) is 6.92 Å². The fourth-order valence-corrected chi connectivity index (χ4v) is 1.84. The van der Waals surface area contributed by atoms with Crippen molar-refractivity contribution in [1.29, 1.82) is 0 Å². The Morgan fingerprint density at radius 2 is 1.91 bits per heavy atom. The van der Waals surface area contributed by atoms with Gasteiger partial charge in [-0.05, 0) is 25.5 Å². The molecule has 1 aromatic carbocycles. The number of rotatable bonds is 5. The highest BCUT2D eigenvalue weighted by molar-refractivity contribution is 5.61. The molecule has 1 aromatic heterocycles. The van der Waals surface area contributed by atoms with Gasteiger partial charge in [-0.25, -0.2) is 4.98 Å². The van der Waals surface area contributed by atoms with Crippen LogP contribution in [0.25, 0.3) is 0 Å². The van der Waals surface area contributed by atoms with E-state index in [4.69, 9.17) is 5.11 Å². The smallest absolute Gasteiger partial charge is 0.394 e. The van der Waals surface area contributed by atoms with Crippen LogP contribution in [0.15, 0.2) is 30.3 Å². The van der Waals surface area contributed by atoms with Crippen molar-refractivity contribution in [2.75, 3.05) is 17.2 Å². The number of aliphatic hydroxyl groups is 1. The summed E-state index contributed by atoms with van der Waals surface area (Å²) in [6.07, 6.45) is -4.59. The van der Waals surface area contributed by atoms with Gasteiger partial charge in [-0.1, -0.05) is 18.2 Å². The molecule has 23 heavy (non-hydrogen) atoms. The molecule has 0 fully saturated rings. The Morgan fingerprint density at radius 3 is 2.52 bits per heavy atom. The third kappa shape index (κ3) is 4.56. The van der Waals surface area contributed by atoms with Crippen LogP contribution < -0.4 is 10.6 Å². The molecule has 8 heteroatoms. The molecule has 0 radical (unpaired) electrons. The molecule has 1 heterocycles. The topological polar surface area (TPSA) is 70.1 Å². The van der Waals surface area contributed by atoms with Gasteiger partial charge < -0.3 is 15.7 Å². The molecule has 0 aliphatic carbocycles. The fraction of sp³-hybridized carbons (Fsp3) is 0.333. The van der Waals surface area contributed by atoms with Gasteiger partial charge in [0.05, 0.1) is 6.61 Å². The van der Waals surface area contributed by atoms with Gasteiger partial charge in [-0.3, -0.25) is 0 Å². The molecule has 0 aliphatic heterocycles. The maximum absolute atomic E-state index is 13.0. The first-order valence-corrected chi connectivity index (χ1v) is 6.96. The second kappa shape index (κ2) is 6.82. The van der Waals surface area contributed by atoms with Crippen LogP contribution in [0.2, 0.25) is 0 Å². The Morgan fingerprint density at radius 1 is 1.22 bits per heavy atom. The van der Waals surface area contributed by atoms with Gasteiger partial charge in [0.2, 0.25) is 5.95 Å². The molecule has 0 spiro atoms. The van der Waals surface area contributed by atoms with Crippen LogP contribution in [0.3, 0.4) is 0 Å². The third-order valence-electron chi connectivity index (χ3n) is 3.07. The number of nitrogens with one attached hydrogen (secondary N) is 2. The SMILES string of the molecule is Cc1ccccc1Nc1cc(C(F)(F)F)nc(N[C@@H](C)CO)n1. The number of hydrogen-bond acceptors (Lipinski definition) is 5. The summed E-state index contributed by atoms with van der Waals surface area (Å²) < 4.78 is 39.0. The standard InChI is InChI=1S/C15H17F3N4O/c1-9-5-3-4-6-11(9)20-13-7-12(15(16,17)18)21-14(22-13)19-10(2)8-23/h3-7,10,23H,8H2,1-2H3,(H2,19,20,21,22)/t10-/m0/s1. The normalized spacial score (nSPS) is 12.8. The summed E-state index contributed by atoms with van der Waals surface area (Å²) in [5, 5.41) is 14.5. The first kappa shape index (κ1) is 17.0. The predicted octanol–water partition coefficient (Wildman–Crippen LogP) is 3.34. The van der Waals surface area contributed by atoms with Gasteiger partial charge in [0, 0.05) is 17.8 Å². The summed E-state index contributed by atoms with van der Waals surface area (Å²) in [4.78, 5) is 7.49. The van der Waals surface area contributed by atoms with Crippen molar-refractivity contribution in [3.63, 3.8) is 0 Å². The number of alkyl halides is 3. The first-order chi connectivity index (χ1) is 10.8. The van der Waals surface area contributed by atoms with E-state index >= 15 is 0 Å². The highest BCUT2D eigenvalue weighted by atomic mass is 19.4. The number of halogens is 3. The summed E-state index contributed by atoms with van der Waals surface area (Å²) in [6, 6.07) is 7.56. The van der Waals surface area contributed by atoms with Gasteiger partial charge in [-0.2, -0.15) is 18.2 Å². The van der Waals surface area contributed by atoms with Crippen LogP contribution in [0.1, 0.15) is 18.2 Å². The molecule has 3 N–H and O–H groups in total. The van der Waals surface area contributed by atoms with Crippen LogP contribution in [-0.4, -0.2) is 27.7 Å². The van der Waals surface area contributed by atoms with Gasteiger partial charge in [0.1, 0.15) is 5.82 Å². The van der Waals surface area contributed by atoms with E-state index in [2.05, 4.69) is 20.6 Å². The molecule has 5 nitrogen and oxygen atoms in total. The van der Waals surface area contributed by atoms with Crippen molar-refractivity contribution >= 4 is 17.5 Å². The van der Waals surface area contributed by atoms with E-state index in [9.17, 15) is 13.2 Å². The Kier molecular flexibility index (Phi) is 5.05. The van der Waals surface area contributed by atoms with E-state index in [1.807, 2.05) is 19.1 Å². The summed E-state index contributed by atoms with van der Waals surface area (Å²) >= 11 is 0. The van der Waals surface area contributed by atoms with Gasteiger partial charge in [0.25, 0.3) is 0 Å². The minimum atomic E-state index is -4.59. The molecule has 0 saturated carbocycles. The molecular weight excluding hydrogens is 309 g/mol. The molecule has 124 valence electrons. The zero-order chi connectivity index (χ0) is 17.0. The molecule has 0 amide bonds. The summed E-state index contributed by atoms with van der Waals surface area (Å²) in [5.74, 6) is -0.174. The minimum Gasteiger partial charge on any atom is -0.394 e. The number of aliphatic hydroxyl groups excluding tert-OH is 1. The minimum absolute atomic E-state index is 0.0225. The highest BCUT2D eigenvalue weighted by Gasteiger charge is 2.34. The number of para-hydroxylation sites is 1. The van der Waals surface area contributed by atoms with Crippen LogP contribution in [0.4, 0.5) is 30.6 Å². The zero-order valence-corrected chi connectivity index (χ0v) is 12.6. The number of anilines is 3. The zero-order valence-electron chi connectivity index (χ0n) is 12.6. The van der Waals surface area contributed by atoms with E-state index in [0.29, 0.717) is 5.69 Å². The van der Waals surface area contributed by atoms with Crippen molar-refractivity contribution in [2.24, 2.45) is 0 Å². The number of nitrogens with zero attached hydrogens (tertiary/aromatic N) is 2. The molecule has 0 bridgehead atoms. The number of aromatic nitrogens is 2. The molecule has 2 rings (SSSR count). The molecule has 0 saturated heterocycles. The van der Waals surface area contributed by atoms with E-state index in [1.165, 1.54) is 0 Å². The number of benzene rings is 1. The molecule has 0 aliphatic rings. The van der Waals surface area contributed by atoms with Crippen molar-refractivity contribution in [2.45, 2.75) is 26.1 Å². The lowest BCUT2D eigenvalue weighted by Gasteiger charge is -2.15. The van der Waals surface area contributed by atoms with E-state index < -0.39 is 17.9 Å². The Labute approximate surface area is 131 Å². The average Bonchev–Trinajstić information content (AvgIpc) is 2.48. The molecular formula is C15H17F3N4O. The van der Waals surface area contributed by atoms with E-state index in [-0.39, 0.29) is 18.4 Å². The monoisotopic (exact) mass is 326 g/mol. The summed E-state index contributed by atoms with van der Waals surface area (Å²) in [6.45, 7) is 3.19. The number of hydrogen-bond donors (Lipinski definition) is 3. The van der Waals surface area contributed by atoms with Crippen molar-refractivity contribution in [1.82, 2.24) is 9.97 Å². The van der Waals surface area contributed by atoms with Crippen LogP contribution in [0.5, 0.6) is 0 Å². The van der Waals surface area contributed by atoms with Gasteiger partial charge >= 0.3 is 6.18 Å². The van der Waals surface area contributed by atoms with Crippen molar-refractivity contribution in [3.05, 3.63) is 41.6 Å². The maximum Gasteiger partial charge on any atom is 0.433 e. The Bertz CT molecular complexity index is 676. The lowest BCUT2D eigenvalue weighted by molar-refractivity contribution is -0.141. The summed E-state index contributed by atoms with van der Waals surface area (Å²) in [5.41, 5.74) is 0.467. The first-order valence-electron chi connectivity index (χ1n) is 6.96. The van der Waals surface area contributed by atoms with Crippen molar-refractivity contribution in [3.8, 4) is 0 Å². The van der Waals surface area contributed by atoms with E-state index in [0.717, 1.165) is 11.6 Å². The molecule has 1 atom stereocenters. The fourth-order valence-electron chi connectivity index (χ4n) is 1.84. The number of aryl methyl sites for hydroxylation is 1. The predicted molar refractivity (Wildman–Crippen MR) is 81.7 cm³/mol. The maximum atomic E-state index is 13.0. The van der Waals surface area contributed by atoms with E-state index in [1.54, 1.807) is 19.1 Å².